The van der Waals surface area contributed by atoms with Crippen LogP contribution in [0.2, 0.25) is 0 Å². The van der Waals surface area contributed by atoms with Gasteiger partial charge in [-0.2, -0.15) is 0 Å². The first kappa shape index (κ1) is 16.0. The normalized spacial score (nSPS) is 15.8. The zero-order valence-corrected chi connectivity index (χ0v) is 12.4. The van der Waals surface area contributed by atoms with E-state index in [1.54, 1.807) is 0 Å². The van der Waals surface area contributed by atoms with Gasteiger partial charge in [-0.05, 0) is 42.4 Å². The molecule has 1 amide bonds. The highest BCUT2D eigenvalue weighted by Gasteiger charge is 2.31. The minimum atomic E-state index is -0.00680. The maximum atomic E-state index is 12.1. The van der Waals surface area contributed by atoms with Gasteiger partial charge >= 0.3 is 0 Å². The van der Waals surface area contributed by atoms with Crippen LogP contribution in [0.4, 0.5) is 0 Å². The van der Waals surface area contributed by atoms with Gasteiger partial charge in [0.05, 0.1) is 0 Å². The summed E-state index contributed by atoms with van der Waals surface area (Å²) in [5.74, 6) is 1.08. The maximum Gasteiger partial charge on any atom is 0.251 e. The van der Waals surface area contributed by atoms with Gasteiger partial charge in [0.15, 0.2) is 0 Å². The Morgan fingerprint density at radius 1 is 1.32 bits per heavy atom. The van der Waals surface area contributed by atoms with Crippen molar-refractivity contribution in [2.24, 2.45) is 11.7 Å². The van der Waals surface area contributed by atoms with E-state index in [4.69, 9.17) is 5.73 Å². The molecule has 0 bridgehead atoms. The predicted molar refractivity (Wildman–Crippen MR) is 80.8 cm³/mol. The van der Waals surface area contributed by atoms with Crippen LogP contribution in [-0.2, 0) is 0 Å². The van der Waals surface area contributed by atoms with E-state index in [0.717, 1.165) is 5.56 Å². The predicted octanol–water partition coefficient (Wildman–Crippen LogP) is 2.70. The molecule has 106 valence electrons. The Hall–Kier alpha value is -1.06. The lowest BCUT2D eigenvalue weighted by Crippen LogP contribution is -2.41. The second-order valence-corrected chi connectivity index (χ2v) is 5.43. The minimum absolute atomic E-state index is 0. The number of halogens is 1. The molecule has 0 aromatic heterocycles. The van der Waals surface area contributed by atoms with Crippen molar-refractivity contribution in [3.63, 3.8) is 0 Å². The van der Waals surface area contributed by atoms with Gasteiger partial charge in [-0.3, -0.25) is 4.79 Å². The number of hydrogen-bond donors (Lipinski definition) is 2. The molecule has 0 saturated heterocycles. The van der Waals surface area contributed by atoms with E-state index >= 15 is 0 Å². The lowest BCUT2D eigenvalue weighted by Gasteiger charge is -2.16. The zero-order chi connectivity index (χ0) is 13.1. The van der Waals surface area contributed by atoms with Gasteiger partial charge in [-0.15, -0.1) is 12.4 Å². The summed E-state index contributed by atoms with van der Waals surface area (Å²) >= 11 is 0. The summed E-state index contributed by atoms with van der Waals surface area (Å²) in [5.41, 5.74) is 7.66. The summed E-state index contributed by atoms with van der Waals surface area (Å²) in [6, 6.07) is 7.97. The molecular formula is C15H23ClN2O. The topological polar surface area (TPSA) is 55.1 Å². The summed E-state index contributed by atoms with van der Waals surface area (Å²) in [6.45, 7) is 4.82. The fraction of sp³-hybridized carbons (Fsp3) is 0.533. The first-order valence-electron chi connectivity index (χ1n) is 6.72. The van der Waals surface area contributed by atoms with Crippen LogP contribution in [0.3, 0.4) is 0 Å². The molecule has 1 saturated carbocycles. The van der Waals surface area contributed by atoms with Crippen LogP contribution in [0.25, 0.3) is 0 Å². The van der Waals surface area contributed by atoms with Crippen molar-refractivity contribution in [3.8, 4) is 0 Å². The molecule has 3 nitrogen and oxygen atoms in total. The number of hydrogen-bond acceptors (Lipinski definition) is 2. The highest BCUT2D eigenvalue weighted by Crippen LogP contribution is 2.32. The van der Waals surface area contributed by atoms with Crippen molar-refractivity contribution < 1.29 is 4.79 Å². The molecule has 19 heavy (non-hydrogen) atoms. The standard InChI is InChI=1S/C15H22N2O.ClH/c1-10(2)11-3-7-13(8-4-11)15(18)17-14(9-16)12-5-6-12;/h3-4,7-8,10,12,14H,5-6,9,16H2,1-2H3,(H,17,18);1H. The summed E-state index contributed by atoms with van der Waals surface area (Å²) < 4.78 is 0. The van der Waals surface area contributed by atoms with Gasteiger partial charge in [0.2, 0.25) is 0 Å². The summed E-state index contributed by atoms with van der Waals surface area (Å²) in [5, 5.41) is 3.03. The summed E-state index contributed by atoms with van der Waals surface area (Å²) in [6.07, 6.45) is 2.38. The van der Waals surface area contributed by atoms with Crippen LogP contribution in [0.5, 0.6) is 0 Å². The molecule has 0 heterocycles. The average Bonchev–Trinajstić information content (AvgIpc) is 3.20. The maximum absolute atomic E-state index is 12.1. The first-order chi connectivity index (χ1) is 8.61. The van der Waals surface area contributed by atoms with Crippen LogP contribution in [0.15, 0.2) is 24.3 Å². The van der Waals surface area contributed by atoms with E-state index in [1.165, 1.54) is 18.4 Å². The second kappa shape index (κ2) is 6.92. The third-order valence-corrected chi connectivity index (χ3v) is 3.60. The highest BCUT2D eigenvalue weighted by atomic mass is 35.5. The zero-order valence-electron chi connectivity index (χ0n) is 11.6. The third kappa shape index (κ3) is 4.22. The second-order valence-electron chi connectivity index (χ2n) is 5.43. The van der Waals surface area contributed by atoms with Crippen molar-refractivity contribution >= 4 is 18.3 Å². The van der Waals surface area contributed by atoms with Crippen molar-refractivity contribution in [2.45, 2.75) is 38.6 Å². The smallest absolute Gasteiger partial charge is 0.251 e. The number of nitrogens with one attached hydrogen (secondary N) is 1. The largest absolute Gasteiger partial charge is 0.348 e. The van der Waals surface area contributed by atoms with E-state index in [9.17, 15) is 4.79 Å². The molecule has 1 atom stereocenters. The molecule has 1 aromatic carbocycles. The number of benzene rings is 1. The summed E-state index contributed by atoms with van der Waals surface area (Å²) in [7, 11) is 0. The molecule has 3 N–H and O–H groups in total. The van der Waals surface area contributed by atoms with Gasteiger partial charge in [0, 0.05) is 18.2 Å². The lowest BCUT2D eigenvalue weighted by atomic mass is 10.0. The molecule has 1 fully saturated rings. The molecule has 0 spiro atoms. The van der Waals surface area contributed by atoms with E-state index in [2.05, 4.69) is 19.2 Å². The molecule has 1 aliphatic carbocycles. The van der Waals surface area contributed by atoms with Gasteiger partial charge < -0.3 is 11.1 Å². The summed E-state index contributed by atoms with van der Waals surface area (Å²) in [4.78, 5) is 12.1. The SMILES string of the molecule is CC(C)c1ccc(C(=O)NC(CN)C2CC2)cc1.Cl. The van der Waals surface area contributed by atoms with E-state index < -0.39 is 0 Å². The molecular weight excluding hydrogens is 260 g/mol. The molecule has 4 heteroatoms. The fourth-order valence-corrected chi connectivity index (χ4v) is 2.14. The Balaban J connectivity index is 0.00000180. The lowest BCUT2D eigenvalue weighted by molar-refractivity contribution is 0.0933. The van der Waals surface area contributed by atoms with Crippen molar-refractivity contribution in [1.82, 2.24) is 5.32 Å². The fourth-order valence-electron chi connectivity index (χ4n) is 2.14. The quantitative estimate of drug-likeness (QED) is 0.872. The number of rotatable bonds is 5. The average molecular weight is 283 g/mol. The highest BCUT2D eigenvalue weighted by molar-refractivity contribution is 5.94. The van der Waals surface area contributed by atoms with Crippen LogP contribution in [0.1, 0.15) is 48.5 Å². The van der Waals surface area contributed by atoms with Crippen LogP contribution < -0.4 is 11.1 Å². The van der Waals surface area contributed by atoms with Gasteiger partial charge in [0.1, 0.15) is 0 Å². The Morgan fingerprint density at radius 3 is 2.32 bits per heavy atom. The Kier molecular flexibility index (Phi) is 5.83. The van der Waals surface area contributed by atoms with Gasteiger partial charge in [-0.25, -0.2) is 0 Å². The Labute approximate surface area is 121 Å². The molecule has 1 aromatic rings. The van der Waals surface area contributed by atoms with Crippen molar-refractivity contribution in [1.29, 1.82) is 0 Å². The molecule has 1 aliphatic rings. The monoisotopic (exact) mass is 282 g/mol. The molecule has 1 unspecified atom stereocenters. The molecule has 0 radical (unpaired) electrons. The van der Waals surface area contributed by atoms with E-state index in [0.29, 0.717) is 18.4 Å². The van der Waals surface area contributed by atoms with E-state index in [1.807, 2.05) is 24.3 Å². The number of nitrogens with two attached hydrogens (primary N) is 1. The van der Waals surface area contributed by atoms with Gasteiger partial charge in [-0.1, -0.05) is 26.0 Å². The molecule has 0 aliphatic heterocycles. The number of carbonyl (C=O) groups is 1. The van der Waals surface area contributed by atoms with Crippen LogP contribution in [0, 0.1) is 5.92 Å². The van der Waals surface area contributed by atoms with E-state index in [-0.39, 0.29) is 24.4 Å². The number of carbonyl (C=O) groups excluding carboxylic acids is 1. The minimum Gasteiger partial charge on any atom is -0.348 e. The van der Waals surface area contributed by atoms with Crippen molar-refractivity contribution in [2.75, 3.05) is 6.54 Å². The molecule has 2 rings (SSSR count). The van der Waals surface area contributed by atoms with Gasteiger partial charge in [0.25, 0.3) is 5.91 Å². The number of amides is 1. The van der Waals surface area contributed by atoms with Crippen molar-refractivity contribution in [3.05, 3.63) is 35.4 Å². The Morgan fingerprint density at radius 2 is 1.89 bits per heavy atom. The third-order valence-electron chi connectivity index (χ3n) is 3.60. The first-order valence-corrected chi connectivity index (χ1v) is 6.72. The van der Waals surface area contributed by atoms with Crippen LogP contribution >= 0.6 is 12.4 Å². The Bertz CT molecular complexity index is 413. The van der Waals surface area contributed by atoms with Crippen LogP contribution in [-0.4, -0.2) is 18.5 Å².